The molecule has 0 bridgehead atoms. The standard InChI is InChI=1S/C14H14N4O2S/c1-3-21(19)9-4-5-10(11(8-9)20-2)12-17-13-14(18-12)16-7-6-15-13/h4-8H,3H2,1-2H3,(H,15,16,17,18). The summed E-state index contributed by atoms with van der Waals surface area (Å²) in [6.45, 7) is 1.88. The third kappa shape index (κ3) is 2.57. The Labute approximate surface area is 124 Å². The van der Waals surface area contributed by atoms with Crippen molar-refractivity contribution in [1.29, 1.82) is 0 Å². The summed E-state index contributed by atoms with van der Waals surface area (Å²) in [7, 11) is 1.58. The van der Waals surface area contributed by atoms with Crippen molar-refractivity contribution in [3.8, 4) is 17.1 Å². The van der Waals surface area contributed by atoms with E-state index in [-0.39, 0.29) is 0 Å². The van der Waals surface area contributed by atoms with Crippen molar-refractivity contribution in [3.63, 3.8) is 0 Å². The van der Waals surface area contributed by atoms with Crippen LogP contribution in [0.1, 0.15) is 6.92 Å². The molecular weight excluding hydrogens is 288 g/mol. The Hall–Kier alpha value is -2.12. The molecule has 0 saturated heterocycles. The number of nitrogens with zero attached hydrogens (tertiary/aromatic N) is 3. The van der Waals surface area contributed by atoms with Crippen LogP contribution >= 0.6 is 0 Å². The lowest BCUT2D eigenvalue weighted by Crippen LogP contribution is -2.04. The highest BCUT2D eigenvalue weighted by atomic mass is 32.2. The number of aromatic amines is 1. The second kappa shape index (κ2) is 5.71. The first-order valence-electron chi connectivity index (χ1n) is 6.46. The fourth-order valence-electron chi connectivity index (χ4n) is 2.05. The molecule has 1 aromatic carbocycles. The predicted molar refractivity (Wildman–Crippen MR) is 80.6 cm³/mol. The van der Waals surface area contributed by atoms with E-state index in [0.29, 0.717) is 28.6 Å². The molecule has 0 aliphatic rings. The molecule has 1 N–H and O–H groups in total. The molecule has 6 nitrogen and oxygen atoms in total. The lowest BCUT2D eigenvalue weighted by atomic mass is 10.2. The SMILES string of the molecule is CC[S+]([O-])c1ccc(-c2nc3nccnc3[nH]2)c(OC)c1. The Balaban J connectivity index is 2.08. The summed E-state index contributed by atoms with van der Waals surface area (Å²) in [4.78, 5) is 16.6. The molecule has 2 heterocycles. The number of rotatable bonds is 4. The quantitative estimate of drug-likeness (QED) is 0.746. The van der Waals surface area contributed by atoms with Crippen molar-refractivity contribution < 1.29 is 9.29 Å². The molecule has 0 spiro atoms. The van der Waals surface area contributed by atoms with E-state index in [2.05, 4.69) is 19.9 Å². The number of methoxy groups -OCH3 is 1. The van der Waals surface area contributed by atoms with Crippen LogP contribution in [0.3, 0.4) is 0 Å². The summed E-state index contributed by atoms with van der Waals surface area (Å²) in [5.41, 5.74) is 1.96. The summed E-state index contributed by atoms with van der Waals surface area (Å²) in [6, 6.07) is 5.45. The van der Waals surface area contributed by atoms with Crippen LogP contribution in [0.2, 0.25) is 0 Å². The Morgan fingerprint density at radius 3 is 2.81 bits per heavy atom. The van der Waals surface area contributed by atoms with Gasteiger partial charge in [-0.3, -0.25) is 0 Å². The van der Waals surface area contributed by atoms with Gasteiger partial charge in [-0.2, -0.15) is 0 Å². The maximum atomic E-state index is 11.9. The van der Waals surface area contributed by atoms with Crippen LogP contribution in [0.5, 0.6) is 5.75 Å². The fraction of sp³-hybridized carbons (Fsp3) is 0.214. The first-order chi connectivity index (χ1) is 10.2. The molecule has 3 aromatic rings. The fourth-order valence-corrected chi connectivity index (χ4v) is 2.84. The molecule has 0 amide bonds. The Bertz CT molecular complexity index is 742. The van der Waals surface area contributed by atoms with Gasteiger partial charge < -0.3 is 14.3 Å². The van der Waals surface area contributed by atoms with E-state index in [1.54, 1.807) is 25.6 Å². The molecule has 21 heavy (non-hydrogen) atoms. The molecule has 0 radical (unpaired) electrons. The van der Waals surface area contributed by atoms with Gasteiger partial charge in [0.2, 0.25) is 0 Å². The molecule has 0 aliphatic heterocycles. The number of ether oxygens (including phenoxy) is 1. The zero-order valence-corrected chi connectivity index (χ0v) is 12.5. The van der Waals surface area contributed by atoms with Crippen molar-refractivity contribution in [2.24, 2.45) is 0 Å². The summed E-state index contributed by atoms with van der Waals surface area (Å²) in [5, 5.41) is 0. The Morgan fingerprint density at radius 1 is 1.29 bits per heavy atom. The van der Waals surface area contributed by atoms with Crippen LogP contribution in [0.4, 0.5) is 0 Å². The Morgan fingerprint density at radius 2 is 2.10 bits per heavy atom. The van der Waals surface area contributed by atoms with E-state index < -0.39 is 11.2 Å². The average molecular weight is 302 g/mol. The number of hydrogen-bond donors (Lipinski definition) is 1. The topological polar surface area (TPSA) is 86.8 Å². The summed E-state index contributed by atoms with van der Waals surface area (Å²) >= 11 is -1.02. The van der Waals surface area contributed by atoms with Gasteiger partial charge >= 0.3 is 0 Å². The summed E-state index contributed by atoms with van der Waals surface area (Å²) < 4.78 is 17.3. The summed E-state index contributed by atoms with van der Waals surface area (Å²) in [5.74, 6) is 1.82. The van der Waals surface area contributed by atoms with Crippen LogP contribution in [0.25, 0.3) is 22.7 Å². The number of H-pyrrole nitrogens is 1. The molecule has 108 valence electrons. The van der Waals surface area contributed by atoms with Crippen molar-refractivity contribution in [3.05, 3.63) is 30.6 Å². The zero-order valence-electron chi connectivity index (χ0n) is 11.7. The van der Waals surface area contributed by atoms with Crippen molar-refractivity contribution in [2.45, 2.75) is 11.8 Å². The monoisotopic (exact) mass is 302 g/mol. The number of hydrogen-bond acceptors (Lipinski definition) is 5. The maximum absolute atomic E-state index is 11.9. The molecule has 1 unspecified atom stereocenters. The average Bonchev–Trinajstić information content (AvgIpc) is 2.97. The summed E-state index contributed by atoms with van der Waals surface area (Å²) in [6.07, 6.45) is 3.20. The smallest absolute Gasteiger partial charge is 0.197 e. The van der Waals surface area contributed by atoms with Crippen molar-refractivity contribution in [1.82, 2.24) is 19.9 Å². The van der Waals surface area contributed by atoms with Crippen LogP contribution in [0, 0.1) is 0 Å². The van der Waals surface area contributed by atoms with E-state index in [9.17, 15) is 4.55 Å². The second-order valence-electron chi connectivity index (χ2n) is 4.31. The minimum absolute atomic E-state index is 0.552. The minimum atomic E-state index is -1.02. The van der Waals surface area contributed by atoms with Gasteiger partial charge in [0.25, 0.3) is 0 Å². The van der Waals surface area contributed by atoms with Gasteiger partial charge in [-0.05, 0) is 30.2 Å². The molecule has 1 atom stereocenters. The van der Waals surface area contributed by atoms with Crippen LogP contribution in [-0.2, 0) is 11.2 Å². The van der Waals surface area contributed by atoms with E-state index in [1.165, 1.54) is 0 Å². The zero-order chi connectivity index (χ0) is 14.8. The third-order valence-corrected chi connectivity index (χ3v) is 4.39. The molecule has 0 saturated carbocycles. The lowest BCUT2D eigenvalue weighted by molar-refractivity contribution is 0.415. The first-order valence-corrected chi connectivity index (χ1v) is 7.78. The highest BCUT2D eigenvalue weighted by Gasteiger charge is 2.16. The predicted octanol–water partition coefficient (Wildman–Crippen LogP) is 2.16. The first kappa shape index (κ1) is 13.8. The molecule has 3 rings (SSSR count). The van der Waals surface area contributed by atoms with Gasteiger partial charge in [0, 0.05) is 18.5 Å². The number of nitrogens with one attached hydrogen (secondary N) is 1. The highest BCUT2D eigenvalue weighted by molar-refractivity contribution is 7.91. The Kier molecular flexibility index (Phi) is 3.76. The normalized spacial score (nSPS) is 12.5. The molecular formula is C14H14N4O2S. The number of aromatic nitrogens is 4. The minimum Gasteiger partial charge on any atom is -0.611 e. The van der Waals surface area contributed by atoms with Crippen molar-refractivity contribution in [2.75, 3.05) is 12.9 Å². The van der Waals surface area contributed by atoms with Gasteiger partial charge in [0.15, 0.2) is 16.2 Å². The lowest BCUT2D eigenvalue weighted by Gasteiger charge is -2.11. The van der Waals surface area contributed by atoms with Gasteiger partial charge in [0.1, 0.15) is 17.3 Å². The van der Waals surface area contributed by atoms with Crippen LogP contribution in [-0.4, -0.2) is 37.4 Å². The largest absolute Gasteiger partial charge is 0.611 e. The second-order valence-corrected chi connectivity index (χ2v) is 6.05. The molecule has 7 heteroatoms. The third-order valence-electron chi connectivity index (χ3n) is 3.09. The molecule has 0 fully saturated rings. The van der Waals surface area contributed by atoms with E-state index in [4.69, 9.17) is 4.74 Å². The molecule has 2 aromatic heterocycles. The van der Waals surface area contributed by atoms with Crippen LogP contribution < -0.4 is 4.74 Å². The van der Waals surface area contributed by atoms with E-state index >= 15 is 0 Å². The van der Waals surface area contributed by atoms with Crippen LogP contribution in [0.15, 0.2) is 35.5 Å². The number of imidazole rings is 1. The van der Waals surface area contributed by atoms with Gasteiger partial charge in [-0.1, -0.05) is 0 Å². The van der Waals surface area contributed by atoms with E-state index in [0.717, 1.165) is 10.5 Å². The van der Waals surface area contributed by atoms with Gasteiger partial charge in [-0.25, -0.2) is 15.0 Å². The maximum Gasteiger partial charge on any atom is 0.197 e. The molecule has 0 aliphatic carbocycles. The number of benzene rings is 1. The van der Waals surface area contributed by atoms with E-state index in [1.807, 2.05) is 19.1 Å². The number of fused-ring (bicyclic) bond motifs is 1. The van der Waals surface area contributed by atoms with Gasteiger partial charge in [0.05, 0.1) is 12.7 Å². The van der Waals surface area contributed by atoms with Gasteiger partial charge in [-0.15, -0.1) is 0 Å². The van der Waals surface area contributed by atoms with Crippen molar-refractivity contribution >= 4 is 22.5 Å². The highest BCUT2D eigenvalue weighted by Crippen LogP contribution is 2.31.